The maximum atomic E-state index is 12.5. The van der Waals surface area contributed by atoms with Gasteiger partial charge in [-0.25, -0.2) is 0 Å². The topological polar surface area (TPSA) is 60.9 Å². The summed E-state index contributed by atoms with van der Waals surface area (Å²) in [5.74, 6) is 0.641. The fourth-order valence-corrected chi connectivity index (χ4v) is 3.65. The Hall–Kier alpha value is -1.59. The van der Waals surface area contributed by atoms with Crippen molar-refractivity contribution in [3.8, 4) is 0 Å². The van der Waals surface area contributed by atoms with E-state index in [-0.39, 0.29) is 23.7 Å². The van der Waals surface area contributed by atoms with Crippen LogP contribution < -0.4 is 0 Å². The Morgan fingerprint density at radius 1 is 0.955 bits per heavy atom. The van der Waals surface area contributed by atoms with E-state index < -0.39 is 0 Å². The summed E-state index contributed by atoms with van der Waals surface area (Å²) in [6.45, 7) is 6.26. The smallest absolute Gasteiger partial charge is 0.226 e. The van der Waals surface area contributed by atoms with Crippen LogP contribution in [0.25, 0.3) is 0 Å². The van der Waals surface area contributed by atoms with Crippen LogP contribution in [0.1, 0.15) is 26.2 Å². The third kappa shape index (κ3) is 3.10. The molecule has 0 N–H and O–H groups in total. The monoisotopic (exact) mass is 307 g/mol. The van der Waals surface area contributed by atoms with Crippen molar-refractivity contribution in [1.82, 2.24) is 14.7 Å². The highest BCUT2D eigenvalue weighted by atomic mass is 16.2. The number of rotatable bonds is 3. The van der Waals surface area contributed by atoms with Gasteiger partial charge in [-0.15, -0.1) is 0 Å². The summed E-state index contributed by atoms with van der Waals surface area (Å²) in [4.78, 5) is 41.1. The van der Waals surface area contributed by atoms with Gasteiger partial charge in [0.25, 0.3) is 0 Å². The van der Waals surface area contributed by atoms with Crippen molar-refractivity contribution in [2.24, 2.45) is 17.8 Å². The first-order valence-electron chi connectivity index (χ1n) is 8.37. The Labute approximate surface area is 131 Å². The van der Waals surface area contributed by atoms with Gasteiger partial charge in [-0.2, -0.15) is 0 Å². The number of carbonyl (C=O) groups excluding carboxylic acids is 3. The molecular formula is C16H25N3O3. The third-order valence-corrected chi connectivity index (χ3v) is 5.17. The summed E-state index contributed by atoms with van der Waals surface area (Å²) in [5.41, 5.74) is 0. The van der Waals surface area contributed by atoms with E-state index in [1.807, 2.05) is 9.80 Å². The maximum Gasteiger partial charge on any atom is 0.226 e. The number of carbonyl (C=O) groups is 3. The van der Waals surface area contributed by atoms with Crippen LogP contribution in [0.2, 0.25) is 0 Å². The van der Waals surface area contributed by atoms with Crippen LogP contribution in [0, 0.1) is 17.8 Å². The molecule has 2 aliphatic heterocycles. The van der Waals surface area contributed by atoms with E-state index in [1.54, 1.807) is 4.90 Å². The molecule has 3 rings (SSSR count). The van der Waals surface area contributed by atoms with E-state index in [0.29, 0.717) is 38.5 Å². The predicted octanol–water partition coefficient (Wildman–Crippen LogP) is 0.182. The maximum absolute atomic E-state index is 12.5. The van der Waals surface area contributed by atoms with Crippen LogP contribution in [0.3, 0.4) is 0 Å². The SMILES string of the molecule is CC1CCCN(C(=O)C2CC2C(=O)N2CCN(C=O)CC2)C1. The van der Waals surface area contributed by atoms with Crippen LogP contribution in [-0.2, 0) is 14.4 Å². The Balaban J connectivity index is 1.50. The molecule has 3 unspecified atom stereocenters. The molecule has 3 amide bonds. The third-order valence-electron chi connectivity index (χ3n) is 5.17. The lowest BCUT2D eigenvalue weighted by molar-refractivity contribution is -0.140. The second-order valence-corrected chi connectivity index (χ2v) is 6.95. The van der Waals surface area contributed by atoms with Gasteiger partial charge in [-0.1, -0.05) is 6.92 Å². The predicted molar refractivity (Wildman–Crippen MR) is 80.8 cm³/mol. The molecule has 0 radical (unpaired) electrons. The zero-order valence-electron chi connectivity index (χ0n) is 13.2. The molecule has 1 saturated carbocycles. The lowest BCUT2D eigenvalue weighted by Gasteiger charge is -2.33. The molecule has 0 aromatic heterocycles. The first-order valence-corrected chi connectivity index (χ1v) is 8.37. The number of nitrogens with zero attached hydrogens (tertiary/aromatic N) is 3. The molecule has 0 aromatic carbocycles. The van der Waals surface area contributed by atoms with Gasteiger partial charge in [0.2, 0.25) is 18.2 Å². The first-order chi connectivity index (χ1) is 10.6. The molecule has 3 fully saturated rings. The van der Waals surface area contributed by atoms with Gasteiger partial charge in [0.05, 0.1) is 11.8 Å². The molecular weight excluding hydrogens is 282 g/mol. The Morgan fingerprint density at radius 2 is 1.59 bits per heavy atom. The van der Waals surface area contributed by atoms with Crippen LogP contribution in [0.4, 0.5) is 0 Å². The molecule has 3 aliphatic rings. The van der Waals surface area contributed by atoms with Crippen LogP contribution >= 0.6 is 0 Å². The highest BCUT2D eigenvalue weighted by molar-refractivity contribution is 5.92. The average Bonchev–Trinajstić information content (AvgIpc) is 3.34. The van der Waals surface area contributed by atoms with E-state index in [0.717, 1.165) is 25.9 Å². The minimum atomic E-state index is -0.118. The number of amides is 3. The summed E-state index contributed by atoms with van der Waals surface area (Å²) in [7, 11) is 0. The van der Waals surface area contributed by atoms with Gasteiger partial charge in [-0.05, 0) is 25.2 Å². The molecule has 3 atom stereocenters. The van der Waals surface area contributed by atoms with E-state index in [4.69, 9.17) is 0 Å². The minimum absolute atomic E-state index is 0.0955. The van der Waals surface area contributed by atoms with Crippen molar-refractivity contribution in [1.29, 1.82) is 0 Å². The lowest BCUT2D eigenvalue weighted by Crippen LogP contribution is -2.49. The fourth-order valence-electron chi connectivity index (χ4n) is 3.65. The number of hydrogen-bond acceptors (Lipinski definition) is 3. The van der Waals surface area contributed by atoms with E-state index in [9.17, 15) is 14.4 Å². The Bertz CT molecular complexity index is 460. The minimum Gasteiger partial charge on any atom is -0.342 e. The molecule has 2 saturated heterocycles. The first kappa shape index (κ1) is 15.3. The molecule has 6 heteroatoms. The number of likely N-dealkylation sites (tertiary alicyclic amines) is 1. The fraction of sp³-hybridized carbons (Fsp3) is 0.812. The molecule has 122 valence electrons. The van der Waals surface area contributed by atoms with Crippen LogP contribution in [-0.4, -0.2) is 72.2 Å². The van der Waals surface area contributed by atoms with Gasteiger partial charge >= 0.3 is 0 Å². The summed E-state index contributed by atoms with van der Waals surface area (Å²) in [6, 6.07) is 0. The van der Waals surface area contributed by atoms with Crippen molar-refractivity contribution in [3.05, 3.63) is 0 Å². The molecule has 0 aromatic rings. The Kier molecular flexibility index (Phi) is 4.36. The van der Waals surface area contributed by atoms with Crippen molar-refractivity contribution in [3.63, 3.8) is 0 Å². The van der Waals surface area contributed by atoms with Crippen molar-refractivity contribution >= 4 is 18.2 Å². The zero-order chi connectivity index (χ0) is 15.7. The van der Waals surface area contributed by atoms with E-state index in [2.05, 4.69) is 6.92 Å². The lowest BCUT2D eigenvalue weighted by atomic mass is 10.00. The van der Waals surface area contributed by atoms with Gasteiger partial charge in [0.15, 0.2) is 0 Å². The van der Waals surface area contributed by atoms with E-state index >= 15 is 0 Å². The van der Waals surface area contributed by atoms with E-state index in [1.165, 1.54) is 6.42 Å². The Morgan fingerprint density at radius 3 is 2.18 bits per heavy atom. The largest absolute Gasteiger partial charge is 0.342 e. The molecule has 6 nitrogen and oxygen atoms in total. The summed E-state index contributed by atoms with van der Waals surface area (Å²) in [6.07, 6.45) is 3.81. The van der Waals surface area contributed by atoms with Crippen LogP contribution in [0.5, 0.6) is 0 Å². The number of piperidine rings is 1. The van der Waals surface area contributed by atoms with Gasteiger partial charge < -0.3 is 14.7 Å². The van der Waals surface area contributed by atoms with Crippen LogP contribution in [0.15, 0.2) is 0 Å². The highest BCUT2D eigenvalue weighted by Gasteiger charge is 2.51. The summed E-state index contributed by atoms with van der Waals surface area (Å²) in [5, 5.41) is 0. The molecule has 2 heterocycles. The van der Waals surface area contributed by atoms with Crippen molar-refractivity contribution in [2.45, 2.75) is 26.2 Å². The highest BCUT2D eigenvalue weighted by Crippen LogP contribution is 2.42. The average molecular weight is 307 g/mol. The molecule has 0 bridgehead atoms. The summed E-state index contributed by atoms with van der Waals surface area (Å²) >= 11 is 0. The van der Waals surface area contributed by atoms with Gasteiger partial charge in [0.1, 0.15) is 0 Å². The standard InChI is InChI=1S/C16H25N3O3/c1-12-3-2-4-19(10-12)16(22)14-9-13(14)15(21)18-7-5-17(11-20)6-8-18/h11-14H,2-10H2,1H3. The molecule has 0 spiro atoms. The second-order valence-electron chi connectivity index (χ2n) is 6.95. The zero-order valence-corrected chi connectivity index (χ0v) is 13.2. The quantitative estimate of drug-likeness (QED) is 0.699. The second kappa shape index (κ2) is 6.26. The number of piperazine rings is 1. The summed E-state index contributed by atoms with van der Waals surface area (Å²) < 4.78 is 0. The van der Waals surface area contributed by atoms with Gasteiger partial charge in [0, 0.05) is 39.3 Å². The van der Waals surface area contributed by atoms with Crippen molar-refractivity contribution < 1.29 is 14.4 Å². The van der Waals surface area contributed by atoms with Gasteiger partial charge in [-0.3, -0.25) is 14.4 Å². The normalized spacial score (nSPS) is 31.9. The molecule has 1 aliphatic carbocycles. The number of hydrogen-bond donors (Lipinski definition) is 0. The molecule has 22 heavy (non-hydrogen) atoms. The van der Waals surface area contributed by atoms with Crippen molar-refractivity contribution in [2.75, 3.05) is 39.3 Å².